The standard InChI is InChI=1S/C21H16Cl2N2O5/c1-11(26)25(14-9-7-13(22)8-10-14)21(29)18-19(30-12(2)27)17-15(23)5-4-6-16(17)24(3)20(18)28/h4-10H,1-3H3. The molecule has 0 fully saturated rings. The van der Waals surface area contributed by atoms with Crippen molar-refractivity contribution in [1.82, 2.24) is 4.57 Å². The number of imide groups is 1. The summed E-state index contributed by atoms with van der Waals surface area (Å²) < 4.78 is 6.47. The highest BCUT2D eigenvalue weighted by atomic mass is 35.5. The molecule has 9 heteroatoms. The molecule has 154 valence electrons. The van der Waals surface area contributed by atoms with Crippen LogP contribution in [-0.2, 0) is 16.6 Å². The minimum absolute atomic E-state index is 0.175. The average molecular weight is 447 g/mol. The van der Waals surface area contributed by atoms with Gasteiger partial charge in [-0.15, -0.1) is 0 Å². The monoisotopic (exact) mass is 446 g/mol. The number of carbonyl (C=O) groups is 3. The zero-order chi connectivity index (χ0) is 22.2. The molecule has 0 saturated carbocycles. The van der Waals surface area contributed by atoms with Crippen LogP contribution in [-0.4, -0.2) is 22.4 Å². The zero-order valence-corrected chi connectivity index (χ0v) is 17.7. The van der Waals surface area contributed by atoms with Crippen molar-refractivity contribution in [2.75, 3.05) is 4.90 Å². The van der Waals surface area contributed by atoms with Crippen LogP contribution >= 0.6 is 23.2 Å². The Labute approximate surface area is 181 Å². The highest BCUT2D eigenvalue weighted by Crippen LogP contribution is 2.34. The summed E-state index contributed by atoms with van der Waals surface area (Å²) in [5.41, 5.74) is -0.669. The lowest BCUT2D eigenvalue weighted by molar-refractivity contribution is -0.131. The first-order valence-corrected chi connectivity index (χ1v) is 9.49. The summed E-state index contributed by atoms with van der Waals surface area (Å²) in [4.78, 5) is 51.4. The van der Waals surface area contributed by atoms with Crippen molar-refractivity contribution in [3.8, 4) is 5.75 Å². The third-order valence-corrected chi connectivity index (χ3v) is 4.96. The van der Waals surface area contributed by atoms with Crippen LogP contribution in [0.1, 0.15) is 24.2 Å². The van der Waals surface area contributed by atoms with E-state index in [1.54, 1.807) is 12.1 Å². The molecule has 2 amide bonds. The quantitative estimate of drug-likeness (QED) is 0.568. The Morgan fingerprint density at radius 1 is 1.00 bits per heavy atom. The molecule has 0 N–H and O–H groups in total. The summed E-state index contributed by atoms with van der Waals surface area (Å²) in [7, 11) is 1.45. The van der Waals surface area contributed by atoms with Crippen molar-refractivity contribution in [3.63, 3.8) is 0 Å². The fraction of sp³-hybridized carbons (Fsp3) is 0.143. The number of ether oxygens (including phenoxy) is 1. The maximum atomic E-state index is 13.4. The minimum Gasteiger partial charge on any atom is -0.425 e. The van der Waals surface area contributed by atoms with Crippen molar-refractivity contribution >= 4 is 57.6 Å². The summed E-state index contributed by atoms with van der Waals surface area (Å²) in [5, 5.41) is 0.789. The fourth-order valence-corrected chi connectivity index (χ4v) is 3.48. The van der Waals surface area contributed by atoms with E-state index < -0.39 is 28.9 Å². The molecule has 0 aliphatic rings. The molecule has 0 bridgehead atoms. The van der Waals surface area contributed by atoms with Crippen molar-refractivity contribution < 1.29 is 19.1 Å². The number of esters is 1. The molecule has 0 aliphatic heterocycles. The van der Waals surface area contributed by atoms with Crippen LogP contribution in [0.3, 0.4) is 0 Å². The van der Waals surface area contributed by atoms with Crippen LogP contribution in [0.5, 0.6) is 5.75 Å². The number of rotatable bonds is 3. The maximum Gasteiger partial charge on any atom is 0.308 e. The summed E-state index contributed by atoms with van der Waals surface area (Å²) in [5.74, 6) is -2.64. The van der Waals surface area contributed by atoms with Gasteiger partial charge in [0.25, 0.3) is 11.5 Å². The van der Waals surface area contributed by atoms with Gasteiger partial charge in [-0.05, 0) is 36.4 Å². The third-order valence-electron chi connectivity index (χ3n) is 4.39. The van der Waals surface area contributed by atoms with E-state index in [0.29, 0.717) is 10.5 Å². The number of pyridine rings is 1. The summed E-state index contributed by atoms with van der Waals surface area (Å²) in [6.07, 6.45) is 0. The Kier molecular flexibility index (Phi) is 5.96. The van der Waals surface area contributed by atoms with E-state index in [9.17, 15) is 19.2 Å². The largest absolute Gasteiger partial charge is 0.425 e. The Morgan fingerprint density at radius 3 is 2.20 bits per heavy atom. The number of aryl methyl sites for hydroxylation is 1. The molecule has 3 aromatic rings. The summed E-state index contributed by atoms with van der Waals surface area (Å²) in [6.45, 7) is 2.31. The highest BCUT2D eigenvalue weighted by molar-refractivity contribution is 6.36. The van der Waals surface area contributed by atoms with Gasteiger partial charge in [0.15, 0.2) is 5.75 Å². The van der Waals surface area contributed by atoms with Gasteiger partial charge >= 0.3 is 5.97 Å². The maximum absolute atomic E-state index is 13.4. The Balaban J connectivity index is 2.36. The second-order valence-electron chi connectivity index (χ2n) is 6.43. The van der Waals surface area contributed by atoms with Gasteiger partial charge < -0.3 is 9.30 Å². The van der Waals surface area contributed by atoms with Crippen LogP contribution in [0.2, 0.25) is 10.0 Å². The number of fused-ring (bicyclic) bond motifs is 1. The van der Waals surface area contributed by atoms with E-state index in [0.717, 1.165) is 11.8 Å². The number of hydrogen-bond donors (Lipinski definition) is 0. The lowest BCUT2D eigenvalue weighted by Crippen LogP contribution is -2.40. The number of halogens is 2. The fourth-order valence-electron chi connectivity index (χ4n) is 3.09. The molecule has 2 aromatic carbocycles. The van der Waals surface area contributed by atoms with Crippen LogP contribution in [0.15, 0.2) is 47.3 Å². The molecule has 0 unspecified atom stereocenters. The van der Waals surface area contributed by atoms with E-state index in [1.807, 2.05) is 0 Å². The number of aromatic nitrogens is 1. The zero-order valence-electron chi connectivity index (χ0n) is 16.2. The predicted molar refractivity (Wildman–Crippen MR) is 114 cm³/mol. The first-order chi connectivity index (χ1) is 14.1. The predicted octanol–water partition coefficient (Wildman–Crippen LogP) is 3.96. The number of amides is 2. The lowest BCUT2D eigenvalue weighted by Gasteiger charge is -2.22. The van der Waals surface area contributed by atoms with E-state index in [-0.39, 0.29) is 21.8 Å². The van der Waals surface area contributed by atoms with Crippen LogP contribution < -0.4 is 15.2 Å². The van der Waals surface area contributed by atoms with E-state index in [4.69, 9.17) is 27.9 Å². The molecule has 0 saturated heterocycles. The second kappa shape index (κ2) is 8.30. The molecule has 30 heavy (non-hydrogen) atoms. The number of carbonyl (C=O) groups excluding carboxylic acids is 3. The topological polar surface area (TPSA) is 85.7 Å². The summed E-state index contributed by atoms with van der Waals surface area (Å²) in [6, 6.07) is 10.7. The minimum atomic E-state index is -0.955. The molecule has 0 atom stereocenters. The SMILES string of the molecule is CC(=O)Oc1c(C(=O)N(C(C)=O)c2ccc(Cl)cc2)c(=O)n(C)c2cccc(Cl)c12. The second-order valence-corrected chi connectivity index (χ2v) is 7.28. The first kappa shape index (κ1) is 21.5. The molecular formula is C21H16Cl2N2O5. The molecule has 0 spiro atoms. The number of hydrogen-bond acceptors (Lipinski definition) is 5. The Hall–Kier alpha value is -3.16. The van der Waals surface area contributed by atoms with Gasteiger partial charge in [0, 0.05) is 25.9 Å². The average Bonchev–Trinajstić information content (AvgIpc) is 2.67. The van der Waals surface area contributed by atoms with E-state index in [1.165, 1.54) is 48.9 Å². The molecule has 3 rings (SSSR count). The van der Waals surface area contributed by atoms with Gasteiger partial charge in [0.05, 0.1) is 21.6 Å². The van der Waals surface area contributed by atoms with Crippen molar-refractivity contribution in [1.29, 1.82) is 0 Å². The van der Waals surface area contributed by atoms with Crippen LogP contribution in [0, 0.1) is 0 Å². The highest BCUT2D eigenvalue weighted by Gasteiger charge is 2.31. The van der Waals surface area contributed by atoms with E-state index in [2.05, 4.69) is 0 Å². The molecule has 0 radical (unpaired) electrons. The normalized spacial score (nSPS) is 10.7. The third kappa shape index (κ3) is 3.81. The van der Waals surface area contributed by atoms with E-state index >= 15 is 0 Å². The van der Waals surface area contributed by atoms with Gasteiger partial charge in [-0.2, -0.15) is 0 Å². The van der Waals surface area contributed by atoms with Gasteiger partial charge in [-0.25, -0.2) is 4.90 Å². The van der Waals surface area contributed by atoms with Crippen LogP contribution in [0.4, 0.5) is 5.69 Å². The van der Waals surface area contributed by atoms with Crippen LogP contribution in [0.25, 0.3) is 10.9 Å². The number of nitrogens with zero attached hydrogens (tertiary/aromatic N) is 2. The summed E-state index contributed by atoms with van der Waals surface area (Å²) >= 11 is 12.2. The smallest absolute Gasteiger partial charge is 0.308 e. The van der Waals surface area contributed by atoms with Gasteiger partial charge in [-0.3, -0.25) is 19.2 Å². The van der Waals surface area contributed by atoms with Crippen molar-refractivity contribution in [2.24, 2.45) is 7.05 Å². The Bertz CT molecular complexity index is 1250. The van der Waals surface area contributed by atoms with Gasteiger partial charge in [-0.1, -0.05) is 29.3 Å². The van der Waals surface area contributed by atoms with Gasteiger partial charge in [0.1, 0.15) is 5.56 Å². The molecule has 1 aromatic heterocycles. The van der Waals surface area contributed by atoms with Crippen molar-refractivity contribution in [2.45, 2.75) is 13.8 Å². The molecule has 7 nitrogen and oxygen atoms in total. The molecule has 0 aliphatic carbocycles. The molecular weight excluding hydrogens is 431 g/mol. The van der Waals surface area contributed by atoms with Crippen molar-refractivity contribution in [3.05, 3.63) is 68.4 Å². The number of benzene rings is 2. The van der Waals surface area contributed by atoms with Gasteiger partial charge in [0.2, 0.25) is 5.91 Å². The lowest BCUT2D eigenvalue weighted by atomic mass is 10.1. The first-order valence-electron chi connectivity index (χ1n) is 8.73. The molecule has 1 heterocycles. The number of anilines is 1. The Morgan fingerprint density at radius 2 is 1.63 bits per heavy atom.